The molecule has 1 aromatic carbocycles. The number of rotatable bonds is 6. The highest BCUT2D eigenvalue weighted by Crippen LogP contribution is 2.36. The van der Waals surface area contributed by atoms with Gasteiger partial charge in [0.15, 0.2) is 5.96 Å². The first kappa shape index (κ1) is 22.1. The molecule has 1 aliphatic rings. The van der Waals surface area contributed by atoms with E-state index in [-0.39, 0.29) is 29.9 Å². The van der Waals surface area contributed by atoms with E-state index in [9.17, 15) is 4.79 Å². The maximum atomic E-state index is 11.9. The van der Waals surface area contributed by atoms with Crippen molar-refractivity contribution in [1.82, 2.24) is 16.0 Å². The molecule has 3 N–H and O–H groups in total. The Balaban J connectivity index is 0.00000312. The van der Waals surface area contributed by atoms with E-state index < -0.39 is 0 Å². The van der Waals surface area contributed by atoms with E-state index in [1.165, 1.54) is 18.6 Å². The van der Waals surface area contributed by atoms with Gasteiger partial charge in [0, 0.05) is 37.0 Å². The zero-order valence-electron chi connectivity index (χ0n) is 15.2. The first-order chi connectivity index (χ1) is 11.6. The van der Waals surface area contributed by atoms with Gasteiger partial charge in [-0.15, -0.1) is 24.0 Å². The van der Waals surface area contributed by atoms with Crippen molar-refractivity contribution in [2.24, 2.45) is 4.99 Å². The summed E-state index contributed by atoms with van der Waals surface area (Å²) in [6, 6.07) is 7.67. The number of nitrogens with one attached hydrogen (secondary N) is 3. The van der Waals surface area contributed by atoms with E-state index in [0.29, 0.717) is 23.4 Å². The lowest BCUT2D eigenvalue weighted by Crippen LogP contribution is -2.43. The molecule has 0 spiro atoms. The second kappa shape index (κ2) is 10.9. The molecule has 1 aromatic rings. The highest BCUT2D eigenvalue weighted by molar-refractivity contribution is 14.0. The lowest BCUT2D eigenvalue weighted by molar-refractivity contribution is 0.0955. The van der Waals surface area contributed by atoms with Gasteiger partial charge in [-0.1, -0.05) is 12.1 Å². The van der Waals surface area contributed by atoms with Gasteiger partial charge in [0.2, 0.25) is 0 Å². The highest BCUT2D eigenvalue weighted by Gasteiger charge is 2.29. The number of thioether (sulfide) groups is 1. The molecule has 0 radical (unpaired) electrons. The maximum Gasteiger partial charge on any atom is 0.251 e. The molecule has 1 unspecified atom stereocenters. The fourth-order valence-electron chi connectivity index (χ4n) is 2.74. The summed E-state index contributed by atoms with van der Waals surface area (Å²) >= 11 is 2.03. The van der Waals surface area contributed by atoms with Crippen molar-refractivity contribution in [2.75, 3.05) is 25.9 Å². The topological polar surface area (TPSA) is 65.5 Å². The molecular formula is C18H29IN4OS. The molecule has 25 heavy (non-hydrogen) atoms. The van der Waals surface area contributed by atoms with Crippen molar-refractivity contribution in [3.05, 3.63) is 35.4 Å². The van der Waals surface area contributed by atoms with Crippen LogP contribution >= 0.6 is 35.7 Å². The third kappa shape index (κ3) is 7.05. The van der Waals surface area contributed by atoms with Crippen LogP contribution < -0.4 is 16.0 Å². The van der Waals surface area contributed by atoms with Crippen LogP contribution in [0.25, 0.3) is 0 Å². The standard InChI is InChI=1S/C18H28N4OS.HI/c1-4-20-16(23)15-8-5-7-14(11-15)12-21-17(19-3)22-13-18(2)9-6-10-24-18;/h5,7-8,11H,4,6,9-10,12-13H2,1-3H3,(H,20,23)(H2,19,21,22);1H. The SMILES string of the molecule is CCNC(=O)c1cccc(CNC(=NC)NCC2(C)CCCS2)c1.I. The number of guanidine groups is 1. The average Bonchev–Trinajstić information content (AvgIpc) is 3.02. The van der Waals surface area contributed by atoms with Crippen molar-refractivity contribution in [2.45, 2.75) is 38.0 Å². The van der Waals surface area contributed by atoms with Crippen LogP contribution in [0.15, 0.2) is 29.3 Å². The Hall–Kier alpha value is -0.960. The van der Waals surface area contributed by atoms with Gasteiger partial charge < -0.3 is 16.0 Å². The smallest absolute Gasteiger partial charge is 0.251 e. The maximum absolute atomic E-state index is 11.9. The molecule has 0 saturated carbocycles. The van der Waals surface area contributed by atoms with Crippen LogP contribution in [0.4, 0.5) is 0 Å². The third-order valence-corrected chi connectivity index (χ3v) is 5.68. The van der Waals surface area contributed by atoms with Gasteiger partial charge in [-0.05, 0) is 50.1 Å². The van der Waals surface area contributed by atoms with Crippen molar-refractivity contribution >= 4 is 47.6 Å². The number of benzene rings is 1. The molecule has 140 valence electrons. The second-order valence-corrected chi connectivity index (χ2v) is 7.92. The van der Waals surface area contributed by atoms with Crippen LogP contribution in [0.5, 0.6) is 0 Å². The zero-order chi connectivity index (χ0) is 17.4. The summed E-state index contributed by atoms with van der Waals surface area (Å²) in [7, 11) is 1.78. The number of halogens is 1. The fourth-order valence-corrected chi connectivity index (χ4v) is 3.98. The molecule has 5 nitrogen and oxygen atoms in total. The lowest BCUT2D eigenvalue weighted by Gasteiger charge is -2.24. The van der Waals surface area contributed by atoms with Gasteiger partial charge in [0.25, 0.3) is 5.91 Å². The van der Waals surface area contributed by atoms with E-state index in [1.54, 1.807) is 7.05 Å². The summed E-state index contributed by atoms with van der Waals surface area (Å²) in [5.41, 5.74) is 1.75. The average molecular weight is 476 g/mol. The summed E-state index contributed by atoms with van der Waals surface area (Å²) in [5, 5.41) is 9.56. The Morgan fingerprint density at radius 2 is 2.12 bits per heavy atom. The molecule has 1 amide bonds. The van der Waals surface area contributed by atoms with Crippen LogP contribution in [-0.2, 0) is 6.54 Å². The predicted molar refractivity (Wildman–Crippen MR) is 118 cm³/mol. The van der Waals surface area contributed by atoms with Gasteiger partial charge >= 0.3 is 0 Å². The van der Waals surface area contributed by atoms with Crippen molar-refractivity contribution in [1.29, 1.82) is 0 Å². The predicted octanol–water partition coefficient (Wildman–Crippen LogP) is 3.01. The Labute approximate surface area is 172 Å². The van der Waals surface area contributed by atoms with Gasteiger partial charge in [-0.3, -0.25) is 9.79 Å². The Bertz CT molecular complexity index is 588. The number of carbonyl (C=O) groups is 1. The van der Waals surface area contributed by atoms with Crippen LogP contribution in [0.1, 0.15) is 42.6 Å². The van der Waals surface area contributed by atoms with Gasteiger partial charge in [0.1, 0.15) is 0 Å². The van der Waals surface area contributed by atoms with E-state index in [4.69, 9.17) is 0 Å². The first-order valence-corrected chi connectivity index (χ1v) is 9.50. The number of hydrogen-bond donors (Lipinski definition) is 3. The quantitative estimate of drug-likeness (QED) is 0.336. The third-order valence-electron chi connectivity index (χ3n) is 4.14. The minimum absolute atomic E-state index is 0. The molecule has 0 aliphatic carbocycles. The number of hydrogen-bond acceptors (Lipinski definition) is 3. The summed E-state index contributed by atoms with van der Waals surface area (Å²) in [6.07, 6.45) is 2.54. The normalized spacial score (nSPS) is 19.9. The molecular weight excluding hydrogens is 447 g/mol. The largest absolute Gasteiger partial charge is 0.355 e. The number of aliphatic imine (C=N–C) groups is 1. The molecule has 1 heterocycles. The fraction of sp³-hybridized carbons (Fsp3) is 0.556. The summed E-state index contributed by atoms with van der Waals surface area (Å²) < 4.78 is 0.301. The number of carbonyl (C=O) groups excluding carboxylic acids is 1. The molecule has 0 aromatic heterocycles. The monoisotopic (exact) mass is 476 g/mol. The van der Waals surface area contributed by atoms with Crippen molar-refractivity contribution in [3.63, 3.8) is 0 Å². The van der Waals surface area contributed by atoms with Crippen molar-refractivity contribution < 1.29 is 4.79 Å². The van der Waals surface area contributed by atoms with Gasteiger partial charge in [-0.25, -0.2) is 0 Å². The number of amides is 1. The van der Waals surface area contributed by atoms with Crippen LogP contribution in [0, 0.1) is 0 Å². The van der Waals surface area contributed by atoms with E-state index >= 15 is 0 Å². The number of nitrogens with zero attached hydrogens (tertiary/aromatic N) is 1. The minimum atomic E-state index is -0.0342. The zero-order valence-corrected chi connectivity index (χ0v) is 18.4. The molecule has 0 bridgehead atoms. The van der Waals surface area contributed by atoms with Crippen molar-refractivity contribution in [3.8, 4) is 0 Å². The van der Waals surface area contributed by atoms with E-state index in [1.807, 2.05) is 43.0 Å². The first-order valence-electron chi connectivity index (χ1n) is 8.52. The summed E-state index contributed by atoms with van der Waals surface area (Å²) in [5.74, 6) is 2.01. The second-order valence-electron chi connectivity index (χ2n) is 6.24. The molecule has 7 heteroatoms. The van der Waals surface area contributed by atoms with E-state index in [2.05, 4.69) is 27.9 Å². The molecule has 2 rings (SSSR count). The molecule has 1 saturated heterocycles. The highest BCUT2D eigenvalue weighted by atomic mass is 127. The lowest BCUT2D eigenvalue weighted by atomic mass is 10.1. The Kier molecular flexibility index (Phi) is 9.63. The van der Waals surface area contributed by atoms with Crippen LogP contribution in [-0.4, -0.2) is 42.5 Å². The molecule has 1 aliphatic heterocycles. The van der Waals surface area contributed by atoms with E-state index in [0.717, 1.165) is 18.1 Å². The Morgan fingerprint density at radius 1 is 1.32 bits per heavy atom. The van der Waals surface area contributed by atoms with Crippen LogP contribution in [0.3, 0.4) is 0 Å². The van der Waals surface area contributed by atoms with Crippen LogP contribution in [0.2, 0.25) is 0 Å². The summed E-state index contributed by atoms with van der Waals surface area (Å²) in [6.45, 7) is 6.41. The minimum Gasteiger partial charge on any atom is -0.355 e. The Morgan fingerprint density at radius 3 is 2.76 bits per heavy atom. The summed E-state index contributed by atoms with van der Waals surface area (Å²) in [4.78, 5) is 16.2. The van der Waals surface area contributed by atoms with Gasteiger partial charge in [0.05, 0.1) is 0 Å². The molecule has 1 atom stereocenters. The van der Waals surface area contributed by atoms with Gasteiger partial charge in [-0.2, -0.15) is 11.8 Å². The molecule has 1 fully saturated rings.